The number of hydrogen-bond donors (Lipinski definition) is 2. The molecule has 132 valence electrons. The van der Waals surface area contributed by atoms with Crippen molar-refractivity contribution in [3.63, 3.8) is 0 Å². The Kier molecular flexibility index (Phi) is 4.97. The largest absolute Gasteiger partial charge is 0.271 e. The SMILES string of the molecule is CC(C(=O)NNC(=O)c1ccc(F)cc1)n1nnc(-c2ccccc2)n1. The number of benzene rings is 2. The highest BCUT2D eigenvalue weighted by molar-refractivity contribution is 5.95. The lowest BCUT2D eigenvalue weighted by molar-refractivity contribution is -0.125. The zero-order chi connectivity index (χ0) is 18.5. The van der Waals surface area contributed by atoms with Gasteiger partial charge in [-0.15, -0.1) is 10.2 Å². The summed E-state index contributed by atoms with van der Waals surface area (Å²) in [6, 6.07) is 13.4. The third kappa shape index (κ3) is 3.89. The van der Waals surface area contributed by atoms with Crippen LogP contribution in [0.3, 0.4) is 0 Å². The molecule has 8 nitrogen and oxygen atoms in total. The molecule has 0 saturated heterocycles. The van der Waals surface area contributed by atoms with Gasteiger partial charge in [-0.1, -0.05) is 30.3 Å². The average Bonchev–Trinajstić information content (AvgIpc) is 3.16. The molecule has 1 atom stereocenters. The second-order valence-electron chi connectivity index (χ2n) is 5.43. The third-order valence-electron chi connectivity index (χ3n) is 3.59. The summed E-state index contributed by atoms with van der Waals surface area (Å²) in [6.07, 6.45) is 0. The minimum Gasteiger partial charge on any atom is -0.271 e. The Balaban J connectivity index is 1.60. The molecule has 26 heavy (non-hydrogen) atoms. The first-order valence-corrected chi connectivity index (χ1v) is 7.75. The molecule has 0 aliphatic heterocycles. The highest BCUT2D eigenvalue weighted by Crippen LogP contribution is 2.13. The average molecular weight is 354 g/mol. The van der Waals surface area contributed by atoms with Crippen molar-refractivity contribution in [3.8, 4) is 11.4 Å². The predicted octanol–water partition coefficient (Wildman–Crippen LogP) is 1.50. The molecule has 0 fully saturated rings. The van der Waals surface area contributed by atoms with Crippen LogP contribution in [0.5, 0.6) is 0 Å². The van der Waals surface area contributed by atoms with Crippen LogP contribution in [0.1, 0.15) is 23.3 Å². The number of hydrazine groups is 1. The lowest BCUT2D eigenvalue weighted by Gasteiger charge is -2.11. The summed E-state index contributed by atoms with van der Waals surface area (Å²) < 4.78 is 12.9. The molecule has 0 bridgehead atoms. The van der Waals surface area contributed by atoms with Gasteiger partial charge >= 0.3 is 0 Å². The molecule has 1 heterocycles. The van der Waals surface area contributed by atoms with E-state index in [4.69, 9.17) is 0 Å². The molecule has 3 rings (SSSR count). The van der Waals surface area contributed by atoms with E-state index in [2.05, 4.69) is 26.3 Å². The minimum atomic E-state index is -0.798. The first-order chi connectivity index (χ1) is 12.5. The summed E-state index contributed by atoms with van der Waals surface area (Å²) in [5.41, 5.74) is 5.53. The lowest BCUT2D eigenvalue weighted by Crippen LogP contribution is -2.44. The van der Waals surface area contributed by atoms with Crippen molar-refractivity contribution in [3.05, 3.63) is 66.0 Å². The molecule has 2 N–H and O–H groups in total. The van der Waals surface area contributed by atoms with Crippen LogP contribution in [-0.4, -0.2) is 32.0 Å². The maximum atomic E-state index is 12.9. The topological polar surface area (TPSA) is 102 Å². The van der Waals surface area contributed by atoms with Crippen LogP contribution < -0.4 is 10.9 Å². The van der Waals surface area contributed by atoms with Gasteiger partial charge in [-0.2, -0.15) is 4.80 Å². The van der Waals surface area contributed by atoms with Crippen LogP contribution in [-0.2, 0) is 4.79 Å². The van der Waals surface area contributed by atoms with Gasteiger partial charge < -0.3 is 0 Å². The monoisotopic (exact) mass is 354 g/mol. The quantitative estimate of drug-likeness (QED) is 0.692. The van der Waals surface area contributed by atoms with Crippen molar-refractivity contribution in [2.75, 3.05) is 0 Å². The molecular weight excluding hydrogens is 339 g/mol. The van der Waals surface area contributed by atoms with E-state index in [-0.39, 0.29) is 5.56 Å². The molecule has 0 saturated carbocycles. The van der Waals surface area contributed by atoms with Crippen molar-refractivity contribution < 1.29 is 14.0 Å². The van der Waals surface area contributed by atoms with Crippen molar-refractivity contribution in [2.45, 2.75) is 13.0 Å². The summed E-state index contributed by atoms with van der Waals surface area (Å²) in [5.74, 6) is -1.16. The first-order valence-electron chi connectivity index (χ1n) is 7.75. The van der Waals surface area contributed by atoms with Crippen LogP contribution in [0, 0.1) is 5.82 Å². The van der Waals surface area contributed by atoms with Gasteiger partial charge in [0.15, 0.2) is 6.04 Å². The highest BCUT2D eigenvalue weighted by atomic mass is 19.1. The fraction of sp³-hybridized carbons (Fsp3) is 0.118. The van der Waals surface area contributed by atoms with Crippen LogP contribution >= 0.6 is 0 Å². The van der Waals surface area contributed by atoms with Gasteiger partial charge in [-0.3, -0.25) is 20.4 Å². The zero-order valence-electron chi connectivity index (χ0n) is 13.8. The second kappa shape index (κ2) is 7.51. The van der Waals surface area contributed by atoms with Crippen molar-refractivity contribution in [2.24, 2.45) is 0 Å². The Morgan fingerprint density at radius 1 is 1.04 bits per heavy atom. The molecule has 2 amide bonds. The number of carbonyl (C=O) groups is 2. The number of halogens is 1. The van der Waals surface area contributed by atoms with E-state index >= 15 is 0 Å². The van der Waals surface area contributed by atoms with E-state index in [0.29, 0.717) is 5.82 Å². The number of nitrogens with one attached hydrogen (secondary N) is 2. The molecule has 0 radical (unpaired) electrons. The Morgan fingerprint density at radius 2 is 1.73 bits per heavy atom. The van der Waals surface area contributed by atoms with Crippen molar-refractivity contribution >= 4 is 11.8 Å². The van der Waals surface area contributed by atoms with Gasteiger partial charge in [0, 0.05) is 11.1 Å². The number of aromatic nitrogens is 4. The van der Waals surface area contributed by atoms with Gasteiger partial charge in [0.1, 0.15) is 5.82 Å². The molecule has 3 aromatic rings. The van der Waals surface area contributed by atoms with Crippen LogP contribution in [0.4, 0.5) is 4.39 Å². The van der Waals surface area contributed by atoms with Crippen LogP contribution in [0.25, 0.3) is 11.4 Å². The molecule has 1 unspecified atom stereocenters. The number of tetrazole rings is 1. The maximum Gasteiger partial charge on any atom is 0.269 e. The normalized spacial score (nSPS) is 11.6. The van der Waals surface area contributed by atoms with E-state index in [0.717, 1.165) is 22.5 Å². The Hall–Kier alpha value is -3.62. The molecule has 9 heteroatoms. The standard InChI is InChI=1S/C17H15FN6O2/c1-11(24-22-15(19-23-24)12-5-3-2-4-6-12)16(25)20-21-17(26)13-7-9-14(18)10-8-13/h2-11H,1H3,(H,20,25)(H,21,26). The van der Waals surface area contributed by atoms with Gasteiger partial charge in [0.2, 0.25) is 5.82 Å². The lowest BCUT2D eigenvalue weighted by atomic mass is 10.2. The van der Waals surface area contributed by atoms with Gasteiger partial charge in [-0.25, -0.2) is 4.39 Å². The van der Waals surface area contributed by atoms with Crippen molar-refractivity contribution in [1.29, 1.82) is 0 Å². The number of nitrogens with zero attached hydrogens (tertiary/aromatic N) is 4. The molecule has 0 spiro atoms. The fourth-order valence-corrected chi connectivity index (χ4v) is 2.09. The third-order valence-corrected chi connectivity index (χ3v) is 3.59. The van der Waals surface area contributed by atoms with E-state index in [9.17, 15) is 14.0 Å². The van der Waals surface area contributed by atoms with Gasteiger partial charge in [0.05, 0.1) is 0 Å². The van der Waals surface area contributed by atoms with E-state index < -0.39 is 23.7 Å². The van der Waals surface area contributed by atoms with E-state index in [1.165, 1.54) is 12.1 Å². The van der Waals surface area contributed by atoms with Crippen LogP contribution in [0.15, 0.2) is 54.6 Å². The summed E-state index contributed by atoms with van der Waals surface area (Å²) >= 11 is 0. The Labute approximate surface area is 148 Å². The number of amides is 2. The summed E-state index contributed by atoms with van der Waals surface area (Å²) in [5, 5.41) is 12.0. The second-order valence-corrected chi connectivity index (χ2v) is 5.43. The number of rotatable bonds is 4. The molecular formula is C17H15FN6O2. The van der Waals surface area contributed by atoms with E-state index in [1.54, 1.807) is 6.92 Å². The zero-order valence-corrected chi connectivity index (χ0v) is 13.8. The first kappa shape index (κ1) is 17.2. The summed E-state index contributed by atoms with van der Waals surface area (Å²) in [4.78, 5) is 25.2. The smallest absolute Gasteiger partial charge is 0.269 e. The maximum absolute atomic E-state index is 12.9. The molecule has 1 aromatic heterocycles. The van der Waals surface area contributed by atoms with E-state index in [1.807, 2.05) is 30.3 Å². The van der Waals surface area contributed by atoms with Crippen LogP contribution in [0.2, 0.25) is 0 Å². The number of carbonyl (C=O) groups excluding carboxylic acids is 2. The summed E-state index contributed by atoms with van der Waals surface area (Å²) in [7, 11) is 0. The number of hydrogen-bond acceptors (Lipinski definition) is 5. The van der Waals surface area contributed by atoms with Gasteiger partial charge in [0.25, 0.3) is 11.8 Å². The Bertz CT molecular complexity index is 911. The van der Waals surface area contributed by atoms with Crippen molar-refractivity contribution in [1.82, 2.24) is 31.1 Å². The highest BCUT2D eigenvalue weighted by Gasteiger charge is 2.19. The molecule has 0 aliphatic carbocycles. The minimum absolute atomic E-state index is 0.213. The van der Waals surface area contributed by atoms with Gasteiger partial charge in [-0.05, 0) is 36.4 Å². The fourth-order valence-electron chi connectivity index (χ4n) is 2.09. The summed E-state index contributed by atoms with van der Waals surface area (Å²) in [6.45, 7) is 1.57. The predicted molar refractivity (Wildman–Crippen MR) is 90.0 cm³/mol. The Morgan fingerprint density at radius 3 is 2.42 bits per heavy atom. The molecule has 2 aromatic carbocycles. The molecule has 0 aliphatic rings.